The molecule has 3 rings (SSSR count). The third-order valence-electron chi connectivity index (χ3n) is 3.95. The van der Waals surface area contributed by atoms with Crippen molar-refractivity contribution in [2.75, 3.05) is 19.6 Å². The summed E-state index contributed by atoms with van der Waals surface area (Å²) in [7, 11) is 0. The predicted octanol–water partition coefficient (Wildman–Crippen LogP) is 2.71. The van der Waals surface area contributed by atoms with E-state index in [2.05, 4.69) is 27.7 Å². The zero-order valence-electron chi connectivity index (χ0n) is 11.2. The van der Waals surface area contributed by atoms with Crippen molar-refractivity contribution in [3.05, 3.63) is 22.4 Å². The maximum atomic E-state index is 12.4. The lowest BCUT2D eigenvalue weighted by molar-refractivity contribution is -0.130. The molecule has 0 bridgehead atoms. The Morgan fingerprint density at radius 1 is 1.42 bits per heavy atom. The molecule has 2 aliphatic heterocycles. The molecule has 5 heteroatoms. The van der Waals surface area contributed by atoms with Gasteiger partial charge in [0, 0.05) is 11.4 Å². The van der Waals surface area contributed by atoms with Crippen molar-refractivity contribution in [1.82, 2.24) is 10.2 Å². The quantitative estimate of drug-likeness (QED) is 0.931. The fraction of sp³-hybridized carbons (Fsp3) is 0.643. The highest BCUT2D eigenvalue weighted by molar-refractivity contribution is 8.01. The summed E-state index contributed by atoms with van der Waals surface area (Å²) in [5, 5.41) is 5.85. The molecule has 1 aromatic heterocycles. The van der Waals surface area contributed by atoms with E-state index in [0.717, 1.165) is 19.6 Å². The van der Waals surface area contributed by atoms with Crippen molar-refractivity contribution in [3.63, 3.8) is 0 Å². The first-order valence-electron chi connectivity index (χ1n) is 6.96. The molecule has 1 amide bonds. The highest BCUT2D eigenvalue weighted by Crippen LogP contribution is 2.45. The standard InChI is InChI=1S/C14H20N2OS2/c1-10-13(17)16(9-11-4-6-15-7-5-11)14(19-10)12-3-2-8-18-12/h2-3,8,10-11,14-15H,4-7,9H2,1H3/t10-,14-/m1/s1. The molecular weight excluding hydrogens is 276 g/mol. The fourth-order valence-corrected chi connectivity index (χ4v) is 5.09. The number of thiophene rings is 1. The normalized spacial score (nSPS) is 29.1. The maximum absolute atomic E-state index is 12.4. The van der Waals surface area contributed by atoms with E-state index in [-0.39, 0.29) is 10.6 Å². The second kappa shape index (κ2) is 5.85. The first-order valence-corrected chi connectivity index (χ1v) is 8.78. The first-order chi connectivity index (χ1) is 9.25. The lowest BCUT2D eigenvalue weighted by atomic mass is 9.97. The number of amides is 1. The molecule has 1 aromatic rings. The molecule has 0 unspecified atom stereocenters. The minimum Gasteiger partial charge on any atom is -0.324 e. The third kappa shape index (κ3) is 2.83. The number of piperidine rings is 1. The zero-order chi connectivity index (χ0) is 13.2. The van der Waals surface area contributed by atoms with Crippen molar-refractivity contribution in [3.8, 4) is 0 Å². The summed E-state index contributed by atoms with van der Waals surface area (Å²) < 4.78 is 0. The largest absolute Gasteiger partial charge is 0.324 e. The summed E-state index contributed by atoms with van der Waals surface area (Å²) in [4.78, 5) is 15.8. The van der Waals surface area contributed by atoms with E-state index in [4.69, 9.17) is 0 Å². The van der Waals surface area contributed by atoms with Gasteiger partial charge in [0.1, 0.15) is 5.37 Å². The third-order valence-corrected chi connectivity index (χ3v) is 6.40. The Kier molecular flexibility index (Phi) is 4.15. The lowest BCUT2D eigenvalue weighted by Gasteiger charge is -2.30. The van der Waals surface area contributed by atoms with Gasteiger partial charge in [-0.25, -0.2) is 0 Å². The van der Waals surface area contributed by atoms with Crippen LogP contribution in [-0.2, 0) is 4.79 Å². The molecule has 1 N–H and O–H groups in total. The van der Waals surface area contributed by atoms with Crippen molar-refractivity contribution in [2.45, 2.75) is 30.4 Å². The molecule has 2 atom stereocenters. The van der Waals surface area contributed by atoms with Gasteiger partial charge in [-0.3, -0.25) is 4.79 Å². The van der Waals surface area contributed by atoms with Crippen LogP contribution in [0.4, 0.5) is 0 Å². The second-order valence-electron chi connectivity index (χ2n) is 5.33. The first kappa shape index (κ1) is 13.5. The Labute approximate surface area is 122 Å². The summed E-state index contributed by atoms with van der Waals surface area (Å²) in [6.07, 6.45) is 2.39. The van der Waals surface area contributed by atoms with E-state index in [1.54, 1.807) is 23.1 Å². The number of nitrogens with zero attached hydrogens (tertiary/aromatic N) is 1. The average Bonchev–Trinajstić information content (AvgIpc) is 3.04. The van der Waals surface area contributed by atoms with Crippen molar-refractivity contribution in [1.29, 1.82) is 0 Å². The highest BCUT2D eigenvalue weighted by atomic mass is 32.2. The van der Waals surface area contributed by atoms with Gasteiger partial charge < -0.3 is 10.2 Å². The highest BCUT2D eigenvalue weighted by Gasteiger charge is 2.39. The second-order valence-corrected chi connectivity index (χ2v) is 7.74. The van der Waals surface area contributed by atoms with E-state index in [1.165, 1.54) is 17.7 Å². The van der Waals surface area contributed by atoms with E-state index < -0.39 is 0 Å². The molecule has 2 saturated heterocycles. The van der Waals surface area contributed by atoms with Crippen LogP contribution in [0.3, 0.4) is 0 Å². The number of hydrogen-bond donors (Lipinski definition) is 1. The van der Waals surface area contributed by atoms with Crippen LogP contribution in [-0.4, -0.2) is 35.7 Å². The van der Waals surface area contributed by atoms with Crippen molar-refractivity contribution in [2.24, 2.45) is 5.92 Å². The van der Waals surface area contributed by atoms with Gasteiger partial charge in [-0.2, -0.15) is 0 Å². The van der Waals surface area contributed by atoms with Gasteiger partial charge in [-0.05, 0) is 50.2 Å². The van der Waals surface area contributed by atoms with Crippen LogP contribution in [0.2, 0.25) is 0 Å². The topological polar surface area (TPSA) is 32.3 Å². The van der Waals surface area contributed by atoms with Gasteiger partial charge in [-0.1, -0.05) is 6.07 Å². The molecule has 2 aliphatic rings. The molecule has 0 aliphatic carbocycles. The van der Waals surface area contributed by atoms with Crippen LogP contribution in [0.25, 0.3) is 0 Å². The maximum Gasteiger partial charge on any atom is 0.236 e. The van der Waals surface area contributed by atoms with Crippen LogP contribution in [0.5, 0.6) is 0 Å². The van der Waals surface area contributed by atoms with Crippen LogP contribution in [0.15, 0.2) is 17.5 Å². The van der Waals surface area contributed by atoms with E-state index in [9.17, 15) is 4.79 Å². The van der Waals surface area contributed by atoms with Gasteiger partial charge in [-0.15, -0.1) is 23.1 Å². The van der Waals surface area contributed by atoms with Crippen LogP contribution in [0.1, 0.15) is 30.0 Å². The average molecular weight is 296 g/mol. The predicted molar refractivity (Wildman–Crippen MR) is 81.4 cm³/mol. The summed E-state index contributed by atoms with van der Waals surface area (Å²) in [6, 6.07) is 4.24. The van der Waals surface area contributed by atoms with Gasteiger partial charge in [0.15, 0.2) is 0 Å². The molecule has 19 heavy (non-hydrogen) atoms. The van der Waals surface area contributed by atoms with Crippen LogP contribution < -0.4 is 5.32 Å². The Hall–Kier alpha value is -0.520. The smallest absolute Gasteiger partial charge is 0.236 e. The Bertz CT molecular complexity index is 429. The van der Waals surface area contributed by atoms with E-state index in [0.29, 0.717) is 11.8 Å². The molecule has 0 aromatic carbocycles. The number of nitrogens with one attached hydrogen (secondary N) is 1. The Morgan fingerprint density at radius 2 is 2.21 bits per heavy atom. The van der Waals surface area contributed by atoms with Gasteiger partial charge >= 0.3 is 0 Å². The molecule has 3 nitrogen and oxygen atoms in total. The zero-order valence-corrected chi connectivity index (χ0v) is 12.8. The monoisotopic (exact) mass is 296 g/mol. The van der Waals surface area contributed by atoms with Crippen LogP contribution >= 0.6 is 23.1 Å². The van der Waals surface area contributed by atoms with E-state index >= 15 is 0 Å². The number of carbonyl (C=O) groups excluding carboxylic acids is 1. The molecule has 0 radical (unpaired) electrons. The number of hydrogen-bond acceptors (Lipinski definition) is 4. The number of carbonyl (C=O) groups is 1. The molecular formula is C14H20N2OS2. The van der Waals surface area contributed by atoms with Crippen LogP contribution in [0, 0.1) is 5.92 Å². The number of rotatable bonds is 3. The van der Waals surface area contributed by atoms with E-state index in [1.807, 2.05) is 6.92 Å². The van der Waals surface area contributed by atoms with Gasteiger partial charge in [0.25, 0.3) is 0 Å². The summed E-state index contributed by atoms with van der Waals surface area (Å²) in [5.74, 6) is 0.987. The Balaban J connectivity index is 1.73. The molecule has 104 valence electrons. The van der Waals surface area contributed by atoms with Crippen molar-refractivity contribution < 1.29 is 4.79 Å². The molecule has 0 spiro atoms. The minimum atomic E-state index is 0.105. The Morgan fingerprint density at radius 3 is 2.89 bits per heavy atom. The fourth-order valence-electron chi connectivity index (χ4n) is 2.85. The van der Waals surface area contributed by atoms with Gasteiger partial charge in [0.2, 0.25) is 5.91 Å². The molecule has 2 fully saturated rings. The SMILES string of the molecule is C[C@H]1S[C@H](c2cccs2)N(CC2CCNCC2)C1=O. The molecule has 0 saturated carbocycles. The summed E-state index contributed by atoms with van der Waals surface area (Å²) in [5.41, 5.74) is 0. The molecule has 3 heterocycles. The lowest BCUT2D eigenvalue weighted by Crippen LogP contribution is -2.38. The van der Waals surface area contributed by atoms with Gasteiger partial charge in [0.05, 0.1) is 5.25 Å². The van der Waals surface area contributed by atoms with Crippen molar-refractivity contribution >= 4 is 29.0 Å². The summed E-state index contributed by atoms with van der Waals surface area (Å²) in [6.45, 7) is 5.16. The summed E-state index contributed by atoms with van der Waals surface area (Å²) >= 11 is 3.56. The number of thioether (sulfide) groups is 1. The minimum absolute atomic E-state index is 0.105.